The first-order chi connectivity index (χ1) is 8.76. The van der Waals surface area contributed by atoms with E-state index in [1.807, 2.05) is 0 Å². The van der Waals surface area contributed by atoms with Crippen molar-refractivity contribution in [1.82, 2.24) is 16.0 Å². The van der Waals surface area contributed by atoms with Crippen LogP contribution in [0.5, 0.6) is 0 Å². The predicted octanol–water partition coefficient (Wildman–Crippen LogP) is -1.22. The number of carboxylic acid groups (broad SMARTS) is 1. The van der Waals surface area contributed by atoms with Crippen LogP contribution in [0.2, 0.25) is 0 Å². The summed E-state index contributed by atoms with van der Waals surface area (Å²) in [5, 5.41) is 16.5. The Bertz CT molecular complexity index is 396. The van der Waals surface area contributed by atoms with Crippen molar-refractivity contribution in [2.24, 2.45) is 0 Å². The molecule has 4 N–H and O–H groups in total. The molecule has 0 aliphatic rings. The van der Waals surface area contributed by atoms with Crippen molar-refractivity contribution in [3.8, 4) is 0 Å². The van der Waals surface area contributed by atoms with E-state index < -0.39 is 27.9 Å². The summed E-state index contributed by atoms with van der Waals surface area (Å²) in [7, 11) is -1.47. The largest absolute Gasteiger partial charge is 0.480 e. The zero-order valence-electron chi connectivity index (χ0n) is 11.1. The number of rotatable bonds is 9. The first-order valence-electron chi connectivity index (χ1n) is 5.85. The van der Waals surface area contributed by atoms with Gasteiger partial charge in [-0.15, -0.1) is 0 Å². The third kappa shape index (κ3) is 10.3. The maximum absolute atomic E-state index is 11.4. The van der Waals surface area contributed by atoms with Crippen molar-refractivity contribution >= 4 is 21.8 Å². The van der Waals surface area contributed by atoms with Crippen molar-refractivity contribution < 1.29 is 23.1 Å². The summed E-state index contributed by atoms with van der Waals surface area (Å²) in [5.74, 6) is -1.54. The second-order valence-corrected chi connectivity index (χ2v) is 6.43. The topological polar surface area (TPSA) is 125 Å². The number of urea groups is 1. The zero-order chi connectivity index (χ0) is 14.9. The van der Waals surface area contributed by atoms with Crippen LogP contribution in [-0.2, 0) is 14.6 Å². The Morgan fingerprint density at radius 3 is 2.37 bits per heavy atom. The third-order valence-corrected chi connectivity index (χ3v) is 3.25. The summed E-state index contributed by atoms with van der Waals surface area (Å²) in [6.07, 6.45) is 1.58. The lowest BCUT2D eigenvalue weighted by atomic mass is 10.2. The summed E-state index contributed by atoms with van der Waals surface area (Å²) >= 11 is 0. The average Bonchev–Trinajstić information content (AvgIpc) is 2.28. The summed E-state index contributed by atoms with van der Waals surface area (Å²) in [4.78, 5) is 22.3. The van der Waals surface area contributed by atoms with E-state index in [4.69, 9.17) is 5.11 Å². The lowest BCUT2D eigenvalue weighted by Gasteiger charge is -2.14. The van der Waals surface area contributed by atoms with Crippen LogP contribution in [0, 0.1) is 0 Å². The lowest BCUT2D eigenvalue weighted by molar-refractivity contribution is -0.139. The van der Waals surface area contributed by atoms with Gasteiger partial charge in [-0.05, 0) is 26.4 Å². The Morgan fingerprint density at radius 1 is 1.26 bits per heavy atom. The van der Waals surface area contributed by atoms with Crippen molar-refractivity contribution in [1.29, 1.82) is 0 Å². The van der Waals surface area contributed by atoms with E-state index in [0.29, 0.717) is 13.0 Å². The fourth-order valence-electron chi connectivity index (χ4n) is 1.27. The Balaban J connectivity index is 4.12. The van der Waals surface area contributed by atoms with Gasteiger partial charge in [-0.3, -0.25) is 0 Å². The highest BCUT2D eigenvalue weighted by molar-refractivity contribution is 7.90. The quantitative estimate of drug-likeness (QED) is 0.395. The molecule has 0 rings (SSSR count). The monoisotopic (exact) mass is 295 g/mol. The molecular formula is C10H21N3O5S. The molecule has 0 heterocycles. The van der Waals surface area contributed by atoms with Crippen LogP contribution in [0.1, 0.15) is 12.8 Å². The molecule has 0 aromatic carbocycles. The highest BCUT2D eigenvalue weighted by Crippen LogP contribution is 1.97. The van der Waals surface area contributed by atoms with Crippen LogP contribution in [0.3, 0.4) is 0 Å². The number of hydrogen-bond acceptors (Lipinski definition) is 5. The number of carbonyl (C=O) groups is 2. The van der Waals surface area contributed by atoms with Gasteiger partial charge in [0.05, 0.1) is 5.75 Å². The molecule has 9 heteroatoms. The zero-order valence-corrected chi connectivity index (χ0v) is 11.9. The van der Waals surface area contributed by atoms with Crippen LogP contribution >= 0.6 is 0 Å². The highest BCUT2D eigenvalue weighted by Gasteiger charge is 2.21. The van der Waals surface area contributed by atoms with E-state index in [0.717, 1.165) is 12.8 Å². The number of aliphatic carboxylic acids is 1. The molecule has 8 nitrogen and oxygen atoms in total. The first-order valence-corrected chi connectivity index (χ1v) is 7.92. The maximum Gasteiger partial charge on any atom is 0.326 e. The summed E-state index contributed by atoms with van der Waals surface area (Å²) < 4.78 is 21.9. The predicted molar refractivity (Wildman–Crippen MR) is 70.8 cm³/mol. The molecule has 1 atom stereocenters. The van der Waals surface area contributed by atoms with Crippen molar-refractivity contribution in [2.45, 2.75) is 18.9 Å². The van der Waals surface area contributed by atoms with E-state index in [9.17, 15) is 18.0 Å². The summed E-state index contributed by atoms with van der Waals surface area (Å²) in [6, 6.07) is -1.82. The highest BCUT2D eigenvalue weighted by atomic mass is 32.2. The Kier molecular flexibility index (Phi) is 8.08. The second-order valence-electron chi connectivity index (χ2n) is 4.17. The van der Waals surface area contributed by atoms with E-state index in [-0.39, 0.29) is 12.2 Å². The number of amides is 2. The van der Waals surface area contributed by atoms with Gasteiger partial charge in [-0.25, -0.2) is 18.0 Å². The SMILES string of the molecule is CNCCCNC(=O)NC(CCS(C)(=O)=O)C(=O)O. The molecule has 0 radical (unpaired) electrons. The number of hydrogen-bond donors (Lipinski definition) is 4. The molecule has 0 saturated heterocycles. The summed E-state index contributed by atoms with van der Waals surface area (Å²) in [5.41, 5.74) is 0. The normalized spacial score (nSPS) is 12.7. The van der Waals surface area contributed by atoms with Crippen molar-refractivity contribution in [3.05, 3.63) is 0 Å². The van der Waals surface area contributed by atoms with Crippen LogP contribution in [0.4, 0.5) is 4.79 Å². The van der Waals surface area contributed by atoms with Gasteiger partial charge in [-0.1, -0.05) is 0 Å². The molecule has 0 bridgehead atoms. The van der Waals surface area contributed by atoms with Crippen LogP contribution in [0.15, 0.2) is 0 Å². The van der Waals surface area contributed by atoms with Gasteiger partial charge in [0.15, 0.2) is 0 Å². The Morgan fingerprint density at radius 2 is 1.89 bits per heavy atom. The number of carboxylic acids is 1. The van der Waals surface area contributed by atoms with E-state index in [1.165, 1.54) is 0 Å². The molecule has 0 aliphatic carbocycles. The molecule has 0 fully saturated rings. The van der Waals surface area contributed by atoms with Gasteiger partial charge >= 0.3 is 12.0 Å². The van der Waals surface area contributed by atoms with Crippen molar-refractivity contribution in [3.63, 3.8) is 0 Å². The van der Waals surface area contributed by atoms with Crippen molar-refractivity contribution in [2.75, 3.05) is 32.1 Å². The van der Waals surface area contributed by atoms with E-state index in [1.54, 1.807) is 7.05 Å². The minimum absolute atomic E-state index is 0.155. The van der Waals surface area contributed by atoms with Gasteiger partial charge in [0, 0.05) is 12.8 Å². The molecule has 19 heavy (non-hydrogen) atoms. The fourth-order valence-corrected chi connectivity index (χ4v) is 1.93. The number of carbonyl (C=O) groups excluding carboxylic acids is 1. The van der Waals surface area contributed by atoms with Crippen LogP contribution < -0.4 is 16.0 Å². The molecule has 1 unspecified atom stereocenters. The first kappa shape index (κ1) is 17.6. The number of nitrogens with one attached hydrogen (secondary N) is 3. The average molecular weight is 295 g/mol. The minimum atomic E-state index is -3.26. The third-order valence-electron chi connectivity index (χ3n) is 2.27. The molecule has 0 saturated carbocycles. The van der Waals surface area contributed by atoms with Gasteiger partial charge in [-0.2, -0.15) is 0 Å². The summed E-state index contributed by atoms with van der Waals surface area (Å²) in [6.45, 7) is 1.14. The van der Waals surface area contributed by atoms with Gasteiger partial charge in [0.2, 0.25) is 0 Å². The van der Waals surface area contributed by atoms with E-state index in [2.05, 4.69) is 16.0 Å². The second kappa shape index (κ2) is 8.70. The van der Waals surface area contributed by atoms with Gasteiger partial charge in [0.25, 0.3) is 0 Å². The molecule has 112 valence electrons. The molecule has 0 aromatic heterocycles. The molecule has 0 aromatic rings. The van der Waals surface area contributed by atoms with E-state index >= 15 is 0 Å². The maximum atomic E-state index is 11.4. The Labute approximate surface area is 112 Å². The molecular weight excluding hydrogens is 274 g/mol. The van der Waals surface area contributed by atoms with Crippen LogP contribution in [0.25, 0.3) is 0 Å². The van der Waals surface area contributed by atoms with Gasteiger partial charge in [0.1, 0.15) is 15.9 Å². The standard InChI is InChI=1S/C10H21N3O5S/c1-11-5-3-6-12-10(16)13-8(9(14)15)4-7-19(2,17)18/h8,11H,3-7H2,1-2H3,(H,14,15)(H2,12,13,16). The minimum Gasteiger partial charge on any atom is -0.480 e. The smallest absolute Gasteiger partial charge is 0.326 e. The fraction of sp³-hybridized carbons (Fsp3) is 0.800. The number of sulfone groups is 1. The lowest BCUT2D eigenvalue weighted by Crippen LogP contribution is -2.47. The van der Waals surface area contributed by atoms with Gasteiger partial charge < -0.3 is 21.1 Å². The molecule has 0 aliphatic heterocycles. The Hall–Kier alpha value is -1.35. The molecule has 2 amide bonds. The molecule has 0 spiro atoms. The van der Waals surface area contributed by atoms with Crippen LogP contribution in [-0.4, -0.2) is 63.7 Å².